The van der Waals surface area contributed by atoms with Crippen LogP contribution in [0.15, 0.2) is 72.7 Å². The number of hydrogen-bond donors (Lipinski definition) is 0. The van der Waals surface area contributed by atoms with Crippen LogP contribution in [-0.2, 0) is 21.7 Å². The Labute approximate surface area is 160 Å². The number of rotatable bonds is 1. The fourth-order valence-corrected chi connectivity index (χ4v) is 2.73. The van der Waals surface area contributed by atoms with Gasteiger partial charge in [-0.3, -0.25) is 6.08 Å². The van der Waals surface area contributed by atoms with Gasteiger partial charge in [-0.15, -0.1) is 47.5 Å². The van der Waals surface area contributed by atoms with Gasteiger partial charge in [0.2, 0.25) is 0 Å². The summed E-state index contributed by atoms with van der Waals surface area (Å²) >= 11 is 0. The number of halogens is 2. The smallest absolute Gasteiger partial charge is 1.00 e. The van der Waals surface area contributed by atoms with E-state index in [0.717, 1.165) is 6.42 Å². The van der Waals surface area contributed by atoms with Crippen LogP contribution >= 0.6 is 8.35 Å². The van der Waals surface area contributed by atoms with Crippen LogP contribution in [0.4, 0.5) is 0 Å². The van der Waals surface area contributed by atoms with Crippen molar-refractivity contribution in [2.45, 2.75) is 6.42 Å². The molecule has 0 N–H and O–H groups in total. The number of aromatic nitrogens is 1. The minimum absolute atomic E-state index is 0. The summed E-state index contributed by atoms with van der Waals surface area (Å²) in [6.45, 7) is 0. The Morgan fingerprint density at radius 3 is 2.50 bits per heavy atom. The summed E-state index contributed by atoms with van der Waals surface area (Å²) in [4.78, 5) is 0. The van der Waals surface area contributed by atoms with Crippen LogP contribution in [0, 0.1) is 6.08 Å². The normalized spacial score (nSPS) is 11.3. The molecule has 0 spiro atoms. The van der Waals surface area contributed by atoms with Gasteiger partial charge in [-0.25, -0.2) is 12.2 Å². The zero-order valence-electron chi connectivity index (χ0n) is 11.8. The first kappa shape index (κ1) is 21.3. The zero-order chi connectivity index (χ0) is 12.9. The maximum atomic E-state index is 2.99. The predicted octanol–water partition coefficient (Wildman–Crippen LogP) is -0.759. The molecule has 1 aliphatic carbocycles. The monoisotopic (exact) mass is 381 g/mol. The van der Waals surface area contributed by atoms with E-state index >= 15 is 0 Å². The number of benzene rings is 1. The van der Waals surface area contributed by atoms with Crippen molar-refractivity contribution in [3.05, 3.63) is 78.8 Å². The van der Waals surface area contributed by atoms with Crippen molar-refractivity contribution in [1.82, 2.24) is 4.33 Å². The first-order valence-electron chi connectivity index (χ1n) is 6.31. The average molecular weight is 382 g/mol. The number of nitrogens with zero attached hydrogens (tertiary/aromatic N) is 1. The second kappa shape index (κ2) is 10.9. The summed E-state index contributed by atoms with van der Waals surface area (Å²) in [6.07, 6.45) is 12.1. The molecule has 3 aromatic rings. The fourth-order valence-electron chi connectivity index (χ4n) is 2.03. The Bertz CT molecular complexity index is 674. The molecule has 1 aromatic heterocycles. The van der Waals surface area contributed by atoms with E-state index in [4.69, 9.17) is 0 Å². The maximum Gasteiger partial charge on any atom is 4.00 e. The molecule has 0 amide bonds. The molecule has 0 fully saturated rings. The van der Waals surface area contributed by atoms with E-state index < -0.39 is 0 Å². The van der Waals surface area contributed by atoms with Gasteiger partial charge in [-0.1, -0.05) is 6.07 Å². The van der Waals surface area contributed by atoms with Crippen LogP contribution in [0.2, 0.25) is 0 Å². The molecule has 2 aromatic carbocycles. The Hall–Kier alpha value is -0.686. The molecule has 0 unspecified atom stereocenters. The van der Waals surface area contributed by atoms with Gasteiger partial charge in [-0.2, -0.15) is 6.08 Å². The summed E-state index contributed by atoms with van der Waals surface area (Å²) in [6, 6.07) is 15.0. The van der Waals surface area contributed by atoms with Gasteiger partial charge in [0.15, 0.2) is 0 Å². The Kier molecular flexibility index (Phi) is 10.6. The van der Waals surface area contributed by atoms with Crippen molar-refractivity contribution in [2.24, 2.45) is 0 Å². The Morgan fingerprint density at radius 1 is 1.14 bits per heavy atom. The standard InChI is InChI=1S/C12H9NP.C5H5.2ClH.Ti/c1-2-5-11-9-12(8-10(11)4-1)13-6-3-7-14-13;1-2-4-5-3-1;;;/h1-9H;1-3H,4H2;2*1H;/q2*-1;;;+4/p-2. The molecule has 1 nitrogen and oxygen atoms in total. The zero-order valence-corrected chi connectivity index (χ0v) is 15.8. The van der Waals surface area contributed by atoms with E-state index in [-0.39, 0.29) is 46.5 Å². The SMILES string of the molecule is [C-]1=CC=CC1.[Cl-].[Cl-].[Ti+4].c1ccc2[cH-]c(-n3cccp3)cc2c1. The fraction of sp³-hybridized carbons (Fsp3) is 0.0588. The first-order chi connectivity index (χ1) is 9.43. The van der Waals surface area contributed by atoms with Crippen molar-refractivity contribution >= 4 is 19.1 Å². The van der Waals surface area contributed by atoms with Gasteiger partial charge in [-0.05, 0) is 17.6 Å². The number of allylic oxidation sites excluding steroid dienone is 4. The minimum Gasteiger partial charge on any atom is -1.00 e. The summed E-state index contributed by atoms with van der Waals surface area (Å²) in [7, 11) is 1.23. The largest absolute Gasteiger partial charge is 4.00 e. The van der Waals surface area contributed by atoms with Crippen LogP contribution in [-0.4, -0.2) is 4.33 Å². The molecule has 1 aliphatic rings. The van der Waals surface area contributed by atoms with E-state index in [1.807, 2.05) is 12.2 Å². The van der Waals surface area contributed by atoms with Gasteiger partial charge < -0.3 is 29.1 Å². The van der Waals surface area contributed by atoms with E-state index in [1.54, 1.807) is 0 Å². The minimum atomic E-state index is 0. The van der Waals surface area contributed by atoms with Crippen molar-refractivity contribution in [1.29, 1.82) is 0 Å². The Morgan fingerprint density at radius 2 is 1.95 bits per heavy atom. The second-order valence-electron chi connectivity index (χ2n) is 4.30. The van der Waals surface area contributed by atoms with Gasteiger partial charge in [0, 0.05) is 14.5 Å². The molecule has 22 heavy (non-hydrogen) atoms. The van der Waals surface area contributed by atoms with E-state index in [9.17, 15) is 0 Å². The summed E-state index contributed by atoms with van der Waals surface area (Å²) in [5, 5.41) is 2.64. The third-order valence-corrected chi connectivity index (χ3v) is 3.88. The predicted molar refractivity (Wildman–Crippen MR) is 83.0 cm³/mol. The summed E-state index contributed by atoms with van der Waals surface area (Å²) in [5.41, 5.74) is 1.28. The molecule has 0 bridgehead atoms. The molecule has 5 heteroatoms. The third-order valence-electron chi connectivity index (χ3n) is 2.96. The van der Waals surface area contributed by atoms with Crippen LogP contribution in [0.1, 0.15) is 6.42 Å². The Balaban J connectivity index is 0.000000482. The topological polar surface area (TPSA) is 4.93 Å². The quantitative estimate of drug-likeness (QED) is 0.386. The molecule has 0 saturated heterocycles. The van der Waals surface area contributed by atoms with Crippen LogP contribution in [0.25, 0.3) is 16.5 Å². The molecule has 0 radical (unpaired) electrons. The van der Waals surface area contributed by atoms with Gasteiger partial charge in [0.25, 0.3) is 0 Å². The number of hydrogen-bond acceptors (Lipinski definition) is 0. The summed E-state index contributed by atoms with van der Waals surface area (Å²) < 4.78 is 2.22. The van der Waals surface area contributed by atoms with Gasteiger partial charge in [0.1, 0.15) is 0 Å². The summed E-state index contributed by atoms with van der Waals surface area (Å²) in [5.74, 6) is 2.14. The maximum absolute atomic E-state index is 2.99. The molecule has 1 heterocycles. The molecule has 4 rings (SSSR count). The van der Waals surface area contributed by atoms with Gasteiger partial charge >= 0.3 is 21.7 Å². The van der Waals surface area contributed by atoms with Crippen molar-refractivity contribution in [3.8, 4) is 5.69 Å². The molecule has 0 aliphatic heterocycles. The van der Waals surface area contributed by atoms with Crippen molar-refractivity contribution < 1.29 is 46.5 Å². The van der Waals surface area contributed by atoms with Crippen molar-refractivity contribution in [3.63, 3.8) is 0 Å². The average Bonchev–Trinajstić information content (AvgIpc) is 3.20. The molecular weight excluding hydrogens is 368 g/mol. The third kappa shape index (κ3) is 5.50. The van der Waals surface area contributed by atoms with Crippen molar-refractivity contribution in [2.75, 3.05) is 0 Å². The van der Waals surface area contributed by atoms with E-state index in [1.165, 1.54) is 24.8 Å². The van der Waals surface area contributed by atoms with Crippen LogP contribution in [0.3, 0.4) is 0 Å². The van der Waals surface area contributed by atoms with Crippen LogP contribution < -0.4 is 24.8 Å². The molecule has 0 saturated carbocycles. The van der Waals surface area contributed by atoms with Gasteiger partial charge in [0.05, 0.1) is 0 Å². The molecule has 110 valence electrons. The number of fused-ring (bicyclic) bond motifs is 1. The van der Waals surface area contributed by atoms with E-state index in [2.05, 4.69) is 70.9 Å². The van der Waals surface area contributed by atoms with Crippen LogP contribution in [0.5, 0.6) is 0 Å². The second-order valence-corrected chi connectivity index (χ2v) is 5.26. The van der Waals surface area contributed by atoms with E-state index in [0.29, 0.717) is 0 Å². The first-order valence-corrected chi connectivity index (χ1v) is 7.22. The molecule has 0 atom stereocenters. The molecular formula is C17H14Cl2NPTi.